The lowest BCUT2D eigenvalue weighted by Gasteiger charge is -2.19. The molecule has 0 fully saturated rings. The predicted molar refractivity (Wildman–Crippen MR) is 90.5 cm³/mol. The first-order valence-corrected chi connectivity index (χ1v) is 8.68. The fourth-order valence-electron chi connectivity index (χ4n) is 1.79. The number of nitrogens with one attached hydrogen (secondary N) is 1. The quantitative estimate of drug-likeness (QED) is 0.557. The van der Waals surface area contributed by atoms with Gasteiger partial charge in [0.05, 0.1) is 11.6 Å². The Labute approximate surface area is 140 Å². The van der Waals surface area contributed by atoms with E-state index >= 15 is 0 Å². The van der Waals surface area contributed by atoms with Crippen LogP contribution >= 0.6 is 35.0 Å². The van der Waals surface area contributed by atoms with Gasteiger partial charge in [0.25, 0.3) is 0 Å². The molecule has 3 nitrogen and oxygen atoms in total. The largest absolute Gasteiger partial charge is 0.465 e. The molecule has 0 aromatic heterocycles. The Balaban J connectivity index is 2.56. The highest BCUT2D eigenvalue weighted by atomic mass is 35.5. The molecule has 0 aliphatic carbocycles. The van der Waals surface area contributed by atoms with Crippen molar-refractivity contribution >= 4 is 40.9 Å². The second kappa shape index (κ2) is 9.57. The number of benzene rings is 1. The Bertz CT molecular complexity index is 469. The predicted octanol–water partition coefficient (Wildman–Crippen LogP) is 4.41. The summed E-state index contributed by atoms with van der Waals surface area (Å²) < 4.78 is 5.09. The summed E-state index contributed by atoms with van der Waals surface area (Å²) in [7, 11) is 0. The summed E-state index contributed by atoms with van der Waals surface area (Å²) in [5.74, 6) is 0.549. The van der Waals surface area contributed by atoms with Crippen LogP contribution in [0.25, 0.3) is 0 Å². The summed E-state index contributed by atoms with van der Waals surface area (Å²) in [6.45, 7) is 6.22. The van der Waals surface area contributed by atoms with Crippen LogP contribution < -0.4 is 5.32 Å². The molecule has 0 bridgehead atoms. The average Bonchev–Trinajstić information content (AvgIpc) is 2.41. The Hall–Kier alpha value is -0.420. The minimum Gasteiger partial charge on any atom is -0.465 e. The van der Waals surface area contributed by atoms with Gasteiger partial charge in [-0.15, -0.1) is 11.8 Å². The van der Waals surface area contributed by atoms with Gasteiger partial charge < -0.3 is 10.1 Å². The van der Waals surface area contributed by atoms with Crippen LogP contribution in [0, 0.1) is 0 Å². The first kappa shape index (κ1) is 18.6. The van der Waals surface area contributed by atoms with Crippen molar-refractivity contribution in [3.63, 3.8) is 0 Å². The molecule has 1 aromatic rings. The van der Waals surface area contributed by atoms with Crippen molar-refractivity contribution in [2.24, 2.45) is 0 Å². The normalized spacial score (nSPS) is 12.5. The van der Waals surface area contributed by atoms with Crippen molar-refractivity contribution in [3.05, 3.63) is 28.2 Å². The van der Waals surface area contributed by atoms with Crippen molar-refractivity contribution in [2.45, 2.75) is 44.2 Å². The number of halogens is 2. The van der Waals surface area contributed by atoms with Crippen LogP contribution in [-0.4, -0.2) is 30.4 Å². The van der Waals surface area contributed by atoms with Gasteiger partial charge in [0.1, 0.15) is 6.04 Å². The van der Waals surface area contributed by atoms with E-state index in [1.165, 1.54) is 0 Å². The molecule has 1 atom stereocenters. The van der Waals surface area contributed by atoms with Gasteiger partial charge in [-0.05, 0) is 31.5 Å². The standard InChI is InChI=1S/C15H21Cl2NO2S/c1-4-20-15(19)13(18-10(2)3)7-8-21-14-9-11(16)5-6-12(14)17/h5-6,9-10,13,18H,4,7-8H2,1-3H3. The highest BCUT2D eigenvalue weighted by Crippen LogP contribution is 2.30. The summed E-state index contributed by atoms with van der Waals surface area (Å²) in [6.07, 6.45) is 0.671. The number of ether oxygens (including phenoxy) is 1. The minimum atomic E-state index is -0.296. The molecule has 0 saturated carbocycles. The lowest BCUT2D eigenvalue weighted by atomic mass is 10.2. The van der Waals surface area contributed by atoms with Gasteiger partial charge in [0.2, 0.25) is 0 Å². The van der Waals surface area contributed by atoms with Gasteiger partial charge in [-0.25, -0.2) is 0 Å². The molecule has 0 amide bonds. The Kier molecular flexibility index (Phi) is 8.49. The maximum Gasteiger partial charge on any atom is 0.323 e. The number of carbonyl (C=O) groups excluding carboxylic acids is 1. The van der Waals surface area contributed by atoms with E-state index in [0.29, 0.717) is 23.1 Å². The van der Waals surface area contributed by atoms with Gasteiger partial charge in [0, 0.05) is 21.7 Å². The molecule has 1 aromatic carbocycles. The summed E-state index contributed by atoms with van der Waals surface area (Å²) >= 11 is 13.7. The molecular weight excluding hydrogens is 329 g/mol. The fraction of sp³-hybridized carbons (Fsp3) is 0.533. The van der Waals surface area contributed by atoms with E-state index in [0.717, 1.165) is 10.6 Å². The number of carbonyl (C=O) groups is 1. The van der Waals surface area contributed by atoms with E-state index in [2.05, 4.69) is 5.32 Å². The summed E-state index contributed by atoms with van der Waals surface area (Å²) in [6, 6.07) is 5.30. The first-order valence-electron chi connectivity index (χ1n) is 6.94. The molecule has 0 spiro atoms. The van der Waals surface area contributed by atoms with E-state index in [4.69, 9.17) is 27.9 Å². The lowest BCUT2D eigenvalue weighted by Crippen LogP contribution is -2.42. The second-order valence-electron chi connectivity index (χ2n) is 4.84. The van der Waals surface area contributed by atoms with Crippen molar-refractivity contribution in [1.29, 1.82) is 0 Å². The minimum absolute atomic E-state index is 0.205. The van der Waals surface area contributed by atoms with Gasteiger partial charge in [-0.3, -0.25) is 4.79 Å². The molecule has 118 valence electrons. The molecule has 1 rings (SSSR count). The molecule has 1 N–H and O–H groups in total. The third-order valence-corrected chi connectivity index (χ3v) is 4.43. The van der Waals surface area contributed by atoms with Gasteiger partial charge in [-0.2, -0.15) is 0 Å². The third-order valence-electron chi connectivity index (χ3n) is 2.66. The molecular formula is C15H21Cl2NO2S. The number of thioether (sulfide) groups is 1. The smallest absolute Gasteiger partial charge is 0.323 e. The zero-order valence-corrected chi connectivity index (χ0v) is 14.8. The molecule has 0 aliphatic rings. The maximum atomic E-state index is 11.9. The molecule has 0 saturated heterocycles. The topological polar surface area (TPSA) is 38.3 Å². The summed E-state index contributed by atoms with van der Waals surface area (Å²) in [5, 5.41) is 4.56. The molecule has 6 heteroatoms. The zero-order chi connectivity index (χ0) is 15.8. The van der Waals surface area contributed by atoms with Gasteiger partial charge in [-0.1, -0.05) is 37.0 Å². The lowest BCUT2D eigenvalue weighted by molar-refractivity contribution is -0.145. The second-order valence-corrected chi connectivity index (χ2v) is 6.82. The Morgan fingerprint density at radius 1 is 1.38 bits per heavy atom. The van der Waals surface area contributed by atoms with E-state index in [9.17, 15) is 4.79 Å². The zero-order valence-electron chi connectivity index (χ0n) is 12.5. The van der Waals surface area contributed by atoms with Gasteiger partial charge in [0.15, 0.2) is 0 Å². The van der Waals surface area contributed by atoms with E-state index in [1.54, 1.807) is 23.9 Å². The molecule has 21 heavy (non-hydrogen) atoms. The molecule has 0 heterocycles. The van der Waals surface area contributed by atoms with Crippen molar-refractivity contribution < 1.29 is 9.53 Å². The average molecular weight is 350 g/mol. The van der Waals surface area contributed by atoms with Crippen molar-refractivity contribution in [3.8, 4) is 0 Å². The van der Waals surface area contributed by atoms with Crippen molar-refractivity contribution in [1.82, 2.24) is 5.32 Å². The number of hydrogen-bond donors (Lipinski definition) is 1. The summed E-state index contributed by atoms with van der Waals surface area (Å²) in [5.41, 5.74) is 0. The van der Waals surface area contributed by atoms with E-state index in [1.807, 2.05) is 26.8 Å². The van der Waals surface area contributed by atoms with Gasteiger partial charge >= 0.3 is 5.97 Å². The molecule has 0 aliphatic heterocycles. The van der Waals surface area contributed by atoms with E-state index < -0.39 is 0 Å². The third kappa shape index (κ3) is 6.92. The SMILES string of the molecule is CCOC(=O)C(CCSc1cc(Cl)ccc1Cl)NC(C)C. The van der Waals surface area contributed by atoms with Crippen LogP contribution in [0.4, 0.5) is 0 Å². The number of esters is 1. The van der Waals surface area contributed by atoms with Crippen LogP contribution in [-0.2, 0) is 9.53 Å². The number of rotatable bonds is 8. The van der Waals surface area contributed by atoms with E-state index in [-0.39, 0.29) is 18.1 Å². The Morgan fingerprint density at radius 2 is 2.10 bits per heavy atom. The van der Waals surface area contributed by atoms with Crippen molar-refractivity contribution in [2.75, 3.05) is 12.4 Å². The highest BCUT2D eigenvalue weighted by molar-refractivity contribution is 7.99. The van der Waals surface area contributed by atoms with Crippen LogP contribution in [0.2, 0.25) is 10.0 Å². The highest BCUT2D eigenvalue weighted by Gasteiger charge is 2.20. The van der Waals surface area contributed by atoms with Crippen LogP contribution in [0.1, 0.15) is 27.2 Å². The fourth-order valence-corrected chi connectivity index (χ4v) is 3.30. The van der Waals surface area contributed by atoms with Crippen LogP contribution in [0.3, 0.4) is 0 Å². The molecule has 1 unspecified atom stereocenters. The Morgan fingerprint density at radius 3 is 2.71 bits per heavy atom. The summed E-state index contributed by atoms with van der Waals surface area (Å²) in [4.78, 5) is 12.8. The maximum absolute atomic E-state index is 11.9. The van der Waals surface area contributed by atoms with Crippen LogP contribution in [0.5, 0.6) is 0 Å². The van der Waals surface area contributed by atoms with Crippen LogP contribution in [0.15, 0.2) is 23.1 Å². The molecule has 0 radical (unpaired) electrons. The number of hydrogen-bond acceptors (Lipinski definition) is 4. The first-order chi connectivity index (χ1) is 9.93. The monoisotopic (exact) mass is 349 g/mol.